The molecule has 1 aliphatic rings. The molecular weight excluding hydrogens is 400 g/mol. The lowest BCUT2D eigenvalue weighted by molar-refractivity contribution is -0.113. The van der Waals surface area contributed by atoms with E-state index in [0.717, 1.165) is 36.9 Å². The molecule has 0 aromatic carbocycles. The maximum atomic E-state index is 12.8. The maximum Gasteiger partial charge on any atom is 0.343 e. The van der Waals surface area contributed by atoms with Gasteiger partial charge in [-0.15, -0.1) is 5.10 Å². The monoisotopic (exact) mass is 430 g/mol. The van der Waals surface area contributed by atoms with E-state index < -0.39 is 0 Å². The summed E-state index contributed by atoms with van der Waals surface area (Å²) < 4.78 is 3.72. The number of nitrogens with zero attached hydrogens (tertiary/aromatic N) is 4. The zero-order chi connectivity index (χ0) is 21.7. The number of hydrogen-bond donors (Lipinski definition) is 2. The molecular formula is C21H30N6O2S. The molecule has 3 rings (SSSR count). The summed E-state index contributed by atoms with van der Waals surface area (Å²) in [6, 6.07) is 2.59. The largest absolute Gasteiger partial charge is 0.343 e. The average molecular weight is 431 g/mol. The van der Waals surface area contributed by atoms with Gasteiger partial charge in [-0.1, -0.05) is 44.4 Å². The fourth-order valence-electron chi connectivity index (χ4n) is 4.11. The lowest BCUT2D eigenvalue weighted by Gasteiger charge is -2.27. The molecule has 8 nitrogen and oxygen atoms in total. The van der Waals surface area contributed by atoms with E-state index in [0.29, 0.717) is 29.1 Å². The van der Waals surface area contributed by atoms with E-state index in [-0.39, 0.29) is 17.3 Å². The van der Waals surface area contributed by atoms with Crippen molar-refractivity contribution in [2.75, 3.05) is 11.1 Å². The third-order valence-electron chi connectivity index (χ3n) is 5.86. The summed E-state index contributed by atoms with van der Waals surface area (Å²) in [5.74, 6) is 0.522. The van der Waals surface area contributed by atoms with Crippen LogP contribution in [0.2, 0.25) is 0 Å². The molecule has 30 heavy (non-hydrogen) atoms. The zero-order valence-electron chi connectivity index (χ0n) is 18.0. The first-order valence-electron chi connectivity index (χ1n) is 10.7. The summed E-state index contributed by atoms with van der Waals surface area (Å²) in [7, 11) is 0. The van der Waals surface area contributed by atoms with E-state index in [1.165, 1.54) is 31.0 Å². The van der Waals surface area contributed by atoms with E-state index in [2.05, 4.69) is 33.1 Å². The number of aromatic nitrogens is 4. The molecule has 0 unspecified atom stereocenters. The quantitative estimate of drug-likeness (QED) is 0.618. The van der Waals surface area contributed by atoms with Crippen LogP contribution >= 0.6 is 11.8 Å². The van der Waals surface area contributed by atoms with Gasteiger partial charge in [0, 0.05) is 18.3 Å². The number of nitrogens with one attached hydrogen (secondary N) is 2. The highest BCUT2D eigenvalue weighted by Gasteiger charge is 2.26. The molecule has 0 aliphatic heterocycles. The van der Waals surface area contributed by atoms with Crippen molar-refractivity contribution >= 4 is 23.5 Å². The summed E-state index contributed by atoms with van der Waals surface area (Å²) in [6.07, 6.45) is 7.54. The van der Waals surface area contributed by atoms with Gasteiger partial charge in [0.2, 0.25) is 5.91 Å². The third kappa shape index (κ3) is 4.64. The predicted octanol–water partition coefficient (Wildman–Crippen LogP) is 3.90. The number of carbonyl (C=O) groups excluding carboxylic acids is 1. The van der Waals surface area contributed by atoms with Crippen molar-refractivity contribution in [1.29, 1.82) is 5.26 Å². The summed E-state index contributed by atoms with van der Waals surface area (Å²) in [5, 5.41) is 19.7. The number of nitriles is 1. The second-order valence-corrected chi connectivity index (χ2v) is 8.80. The minimum atomic E-state index is -0.254. The van der Waals surface area contributed by atoms with Crippen LogP contribution in [0.4, 0.5) is 5.82 Å². The number of anilines is 1. The van der Waals surface area contributed by atoms with Crippen LogP contribution in [0.25, 0.3) is 0 Å². The topological polar surface area (TPSA) is 108 Å². The Bertz CT molecular complexity index is 991. The molecule has 9 heteroatoms. The van der Waals surface area contributed by atoms with Gasteiger partial charge < -0.3 is 9.88 Å². The van der Waals surface area contributed by atoms with E-state index >= 15 is 0 Å². The number of aromatic amines is 1. The number of H-pyrrole nitrogens is 1. The van der Waals surface area contributed by atoms with Gasteiger partial charge in [-0.25, -0.2) is 9.89 Å². The van der Waals surface area contributed by atoms with Gasteiger partial charge in [0.25, 0.3) is 0 Å². The minimum Gasteiger partial charge on any atom is -0.327 e. The van der Waals surface area contributed by atoms with Crippen LogP contribution in [0.5, 0.6) is 0 Å². The summed E-state index contributed by atoms with van der Waals surface area (Å²) in [6.45, 7) is 6.60. The first-order valence-corrected chi connectivity index (χ1v) is 11.7. The highest BCUT2D eigenvalue weighted by Crippen LogP contribution is 2.36. The fourth-order valence-corrected chi connectivity index (χ4v) is 4.88. The molecule has 2 aromatic heterocycles. The molecule has 0 saturated heterocycles. The predicted molar refractivity (Wildman–Crippen MR) is 118 cm³/mol. The normalized spacial score (nSPS) is 14.6. The number of thioether (sulfide) groups is 1. The molecule has 1 fully saturated rings. The Morgan fingerprint density at radius 2 is 2.07 bits per heavy atom. The average Bonchev–Trinajstić information content (AvgIpc) is 3.21. The Kier molecular flexibility index (Phi) is 7.43. The van der Waals surface area contributed by atoms with Gasteiger partial charge in [0.05, 0.1) is 11.3 Å². The molecule has 2 heterocycles. The van der Waals surface area contributed by atoms with Crippen LogP contribution in [0.1, 0.15) is 74.7 Å². The van der Waals surface area contributed by atoms with Crippen molar-refractivity contribution in [1.82, 2.24) is 19.3 Å². The van der Waals surface area contributed by atoms with Gasteiger partial charge in [-0.3, -0.25) is 9.36 Å². The summed E-state index contributed by atoms with van der Waals surface area (Å²) >= 11 is 1.23. The van der Waals surface area contributed by atoms with Crippen LogP contribution in [0.15, 0.2) is 9.95 Å². The molecule has 0 spiro atoms. The lowest BCUT2D eigenvalue weighted by atomic mass is 9.95. The van der Waals surface area contributed by atoms with Gasteiger partial charge >= 0.3 is 5.69 Å². The smallest absolute Gasteiger partial charge is 0.327 e. The van der Waals surface area contributed by atoms with Crippen molar-refractivity contribution in [2.24, 2.45) is 0 Å². The van der Waals surface area contributed by atoms with Crippen LogP contribution in [-0.2, 0) is 11.3 Å². The molecule has 0 radical (unpaired) electrons. The fraction of sp³-hybridized carbons (Fsp3) is 0.619. The van der Waals surface area contributed by atoms with Gasteiger partial charge in [0.15, 0.2) is 5.16 Å². The Balaban J connectivity index is 1.76. The highest BCUT2D eigenvalue weighted by molar-refractivity contribution is 7.99. The molecule has 1 aliphatic carbocycles. The van der Waals surface area contributed by atoms with Crippen molar-refractivity contribution in [3.63, 3.8) is 0 Å². The molecule has 2 aromatic rings. The molecule has 2 N–H and O–H groups in total. The SMILES string of the molecule is CCCCn1c(SCC(=O)Nc2c(C#N)c(C)c(C)n2C2CCCCC2)n[nH]c1=O. The standard InChI is InChI=1S/C21H30N6O2S/c1-4-5-11-26-20(29)24-25-21(26)30-13-18(28)23-19-17(12-22)14(2)15(3)27(19)16-9-7-6-8-10-16/h16H,4-11,13H2,1-3H3,(H,23,28)(H,24,29). The first-order chi connectivity index (χ1) is 14.5. The van der Waals surface area contributed by atoms with Gasteiger partial charge in [-0.05, 0) is 38.7 Å². The Morgan fingerprint density at radius 3 is 2.73 bits per heavy atom. The number of unbranched alkanes of at least 4 members (excludes halogenated alkanes) is 1. The Labute approximate surface area is 181 Å². The lowest BCUT2D eigenvalue weighted by Crippen LogP contribution is -2.22. The van der Waals surface area contributed by atoms with Crippen LogP contribution in [0, 0.1) is 25.2 Å². The second-order valence-electron chi connectivity index (χ2n) is 7.86. The third-order valence-corrected chi connectivity index (χ3v) is 6.83. The van der Waals surface area contributed by atoms with Crippen LogP contribution < -0.4 is 11.0 Å². The van der Waals surface area contributed by atoms with Gasteiger partial charge in [0.1, 0.15) is 11.9 Å². The molecule has 1 amide bonds. The molecule has 0 bridgehead atoms. The maximum absolute atomic E-state index is 12.8. The van der Waals surface area contributed by atoms with E-state index in [9.17, 15) is 14.9 Å². The molecule has 1 saturated carbocycles. The van der Waals surface area contributed by atoms with Crippen molar-refractivity contribution in [3.05, 3.63) is 27.3 Å². The Morgan fingerprint density at radius 1 is 1.33 bits per heavy atom. The first kappa shape index (κ1) is 22.2. The second kappa shape index (κ2) is 10.0. The van der Waals surface area contributed by atoms with Crippen LogP contribution in [0.3, 0.4) is 0 Å². The van der Waals surface area contributed by atoms with Crippen LogP contribution in [-0.4, -0.2) is 31.0 Å². The van der Waals surface area contributed by atoms with E-state index in [1.807, 2.05) is 13.8 Å². The molecule has 0 atom stereocenters. The van der Waals surface area contributed by atoms with Crippen molar-refractivity contribution in [2.45, 2.75) is 83.5 Å². The minimum absolute atomic E-state index is 0.120. The zero-order valence-corrected chi connectivity index (χ0v) is 18.8. The van der Waals surface area contributed by atoms with Gasteiger partial charge in [-0.2, -0.15) is 5.26 Å². The summed E-state index contributed by atoms with van der Waals surface area (Å²) in [4.78, 5) is 24.7. The Hall–Kier alpha value is -2.47. The number of rotatable bonds is 8. The number of hydrogen-bond acceptors (Lipinski definition) is 5. The van der Waals surface area contributed by atoms with E-state index in [4.69, 9.17) is 0 Å². The number of carbonyl (C=O) groups is 1. The van der Waals surface area contributed by atoms with Crippen molar-refractivity contribution < 1.29 is 4.79 Å². The van der Waals surface area contributed by atoms with E-state index in [1.54, 1.807) is 4.57 Å². The highest BCUT2D eigenvalue weighted by atomic mass is 32.2. The summed E-state index contributed by atoms with van der Waals surface area (Å²) in [5.41, 5.74) is 2.25. The van der Waals surface area contributed by atoms with Crippen molar-refractivity contribution in [3.8, 4) is 6.07 Å². The molecule has 162 valence electrons. The number of amides is 1.